The molecule has 1 atom stereocenters. The lowest BCUT2D eigenvalue weighted by atomic mass is 10.00. The van der Waals surface area contributed by atoms with Gasteiger partial charge in [0.05, 0.1) is 5.69 Å². The number of benzene rings is 2. The number of hydrogen-bond acceptors (Lipinski definition) is 6. The molecule has 3 aromatic rings. The number of hydrogen-bond donors (Lipinski definition) is 2. The third-order valence-corrected chi connectivity index (χ3v) is 5.38. The second-order valence-electron chi connectivity index (χ2n) is 7.79. The third-order valence-electron chi connectivity index (χ3n) is 5.38. The van der Waals surface area contributed by atoms with Gasteiger partial charge in [-0.1, -0.05) is 49.2 Å². The number of ether oxygens (including phenoxy) is 2. The van der Waals surface area contributed by atoms with Crippen molar-refractivity contribution in [3.05, 3.63) is 65.0 Å². The highest BCUT2D eigenvalue weighted by Gasteiger charge is 2.28. The van der Waals surface area contributed by atoms with Crippen LogP contribution in [-0.4, -0.2) is 33.1 Å². The lowest BCUT2D eigenvalue weighted by Gasteiger charge is -2.26. The van der Waals surface area contributed by atoms with Crippen molar-refractivity contribution in [1.29, 1.82) is 0 Å². The molecule has 1 aliphatic rings. The number of carbonyl (C=O) groups excluding carboxylic acids is 1. The van der Waals surface area contributed by atoms with Crippen LogP contribution in [0, 0.1) is 6.92 Å². The first kappa shape index (κ1) is 21.5. The Kier molecular flexibility index (Phi) is 6.79. The predicted molar refractivity (Wildman–Crippen MR) is 122 cm³/mol. The molecule has 0 saturated carbocycles. The first-order valence-electron chi connectivity index (χ1n) is 10.9. The summed E-state index contributed by atoms with van der Waals surface area (Å²) >= 11 is 0. The molecule has 0 aliphatic carbocycles. The molecule has 32 heavy (non-hydrogen) atoms. The number of fused-ring (bicyclic) bond motifs is 1. The summed E-state index contributed by atoms with van der Waals surface area (Å²) in [6.45, 7) is 4.59. The summed E-state index contributed by atoms with van der Waals surface area (Å²) in [6.07, 6.45) is 7.59. The highest BCUT2D eigenvalue weighted by molar-refractivity contribution is 6.03. The Morgan fingerprint density at radius 2 is 2.19 bits per heavy atom. The number of H-pyrrole nitrogens is 1. The number of unbranched alkanes of at least 4 members (excludes halogenated alkanes) is 2. The zero-order valence-corrected chi connectivity index (χ0v) is 18.3. The lowest BCUT2D eigenvalue weighted by molar-refractivity contribution is -0.111. The van der Waals surface area contributed by atoms with Crippen molar-refractivity contribution in [2.75, 3.05) is 11.9 Å². The molecule has 166 valence electrons. The summed E-state index contributed by atoms with van der Waals surface area (Å²) in [4.78, 5) is 12.6. The van der Waals surface area contributed by atoms with E-state index < -0.39 is 6.10 Å². The van der Waals surface area contributed by atoms with Crippen molar-refractivity contribution in [3.8, 4) is 11.5 Å². The van der Waals surface area contributed by atoms with Crippen molar-refractivity contribution in [2.45, 2.75) is 45.6 Å². The van der Waals surface area contributed by atoms with Crippen LogP contribution >= 0.6 is 0 Å². The number of nitrogens with one attached hydrogen (secondary N) is 2. The summed E-state index contributed by atoms with van der Waals surface area (Å²) in [5, 5.41) is 16.7. The van der Waals surface area contributed by atoms with Gasteiger partial charge in [-0.25, -0.2) is 0 Å². The minimum Gasteiger partial charge on any atom is -0.485 e. The smallest absolute Gasteiger partial charge is 0.248 e. The maximum absolute atomic E-state index is 12.6. The second-order valence-corrected chi connectivity index (χ2v) is 7.79. The van der Waals surface area contributed by atoms with Gasteiger partial charge < -0.3 is 14.8 Å². The number of aromatic nitrogens is 4. The summed E-state index contributed by atoms with van der Waals surface area (Å²) in [5.74, 6) is 1.14. The van der Waals surface area contributed by atoms with Crippen LogP contribution in [0.25, 0.3) is 6.08 Å². The number of aromatic amines is 1. The zero-order valence-electron chi connectivity index (χ0n) is 18.3. The van der Waals surface area contributed by atoms with Crippen LogP contribution in [0.4, 0.5) is 5.69 Å². The van der Waals surface area contributed by atoms with E-state index in [1.54, 1.807) is 18.2 Å². The van der Waals surface area contributed by atoms with E-state index in [0.29, 0.717) is 23.0 Å². The molecule has 1 amide bonds. The predicted octanol–water partition coefficient (Wildman–Crippen LogP) is 4.41. The number of tetrazole rings is 1. The molecule has 2 N–H and O–H groups in total. The van der Waals surface area contributed by atoms with Gasteiger partial charge in [0.15, 0.2) is 17.6 Å². The topological polar surface area (TPSA) is 102 Å². The van der Waals surface area contributed by atoms with Crippen molar-refractivity contribution < 1.29 is 14.3 Å². The normalized spacial score (nSPS) is 15.1. The molecular formula is C24H27N5O3. The molecule has 2 aromatic carbocycles. The van der Waals surface area contributed by atoms with Gasteiger partial charge in [0.2, 0.25) is 11.7 Å². The van der Waals surface area contributed by atoms with E-state index in [2.05, 4.69) is 58.0 Å². The fourth-order valence-electron chi connectivity index (χ4n) is 3.64. The molecule has 0 saturated heterocycles. The van der Waals surface area contributed by atoms with Gasteiger partial charge in [0.1, 0.15) is 6.61 Å². The number of aryl methyl sites for hydroxylation is 2. The monoisotopic (exact) mass is 433 g/mol. The Bertz CT molecular complexity index is 1100. The van der Waals surface area contributed by atoms with E-state index in [1.807, 2.05) is 6.08 Å². The highest BCUT2D eigenvalue weighted by Crippen LogP contribution is 2.41. The van der Waals surface area contributed by atoms with Gasteiger partial charge >= 0.3 is 0 Å². The van der Waals surface area contributed by atoms with Crippen molar-refractivity contribution in [2.24, 2.45) is 0 Å². The van der Waals surface area contributed by atoms with Gasteiger partial charge in [0.25, 0.3) is 0 Å². The fourth-order valence-corrected chi connectivity index (χ4v) is 3.64. The van der Waals surface area contributed by atoms with Gasteiger partial charge in [-0.3, -0.25) is 4.79 Å². The molecule has 2 heterocycles. The lowest BCUT2D eigenvalue weighted by Crippen LogP contribution is -2.24. The minimum atomic E-state index is -0.506. The van der Waals surface area contributed by atoms with E-state index >= 15 is 0 Å². The largest absolute Gasteiger partial charge is 0.485 e. The second kappa shape index (κ2) is 10.1. The Morgan fingerprint density at radius 1 is 1.28 bits per heavy atom. The minimum absolute atomic E-state index is 0.256. The van der Waals surface area contributed by atoms with Crippen LogP contribution in [0.1, 0.15) is 54.8 Å². The zero-order chi connectivity index (χ0) is 22.3. The Labute approximate surface area is 187 Å². The number of rotatable bonds is 8. The first-order valence-corrected chi connectivity index (χ1v) is 10.9. The average Bonchev–Trinajstić information content (AvgIpc) is 3.34. The van der Waals surface area contributed by atoms with E-state index in [9.17, 15) is 4.79 Å². The maximum Gasteiger partial charge on any atom is 0.248 e. The SMILES string of the molecule is CCCCCc1ccc(/C=C/C(=O)Nc2cccc3c2OC(c2nn[nH]n2)CO3)cc1C. The molecule has 8 nitrogen and oxygen atoms in total. The number of nitrogens with zero attached hydrogens (tertiary/aromatic N) is 3. The van der Waals surface area contributed by atoms with Crippen molar-refractivity contribution >= 4 is 17.7 Å². The molecule has 4 rings (SSSR count). The molecule has 1 aromatic heterocycles. The number of para-hydroxylation sites is 1. The van der Waals surface area contributed by atoms with Crippen LogP contribution in [-0.2, 0) is 11.2 Å². The molecule has 1 aliphatic heterocycles. The maximum atomic E-state index is 12.6. The molecule has 0 fully saturated rings. The first-order chi connectivity index (χ1) is 15.6. The van der Waals surface area contributed by atoms with Crippen LogP contribution in [0.2, 0.25) is 0 Å². The van der Waals surface area contributed by atoms with E-state index in [-0.39, 0.29) is 12.5 Å². The number of anilines is 1. The molecule has 1 unspecified atom stereocenters. The van der Waals surface area contributed by atoms with Gasteiger partial charge in [-0.2, -0.15) is 5.21 Å². The van der Waals surface area contributed by atoms with Crippen molar-refractivity contribution in [3.63, 3.8) is 0 Å². The molecule has 0 bridgehead atoms. The van der Waals surface area contributed by atoms with E-state index in [4.69, 9.17) is 9.47 Å². The van der Waals surface area contributed by atoms with Gasteiger partial charge in [-0.05, 0) is 54.7 Å². The van der Waals surface area contributed by atoms with E-state index in [1.165, 1.54) is 36.5 Å². The standard InChI is InChI=1S/C24H27N5O3/c1-3-4-5-7-18-12-10-17(14-16(18)2)11-13-22(30)25-19-8-6-9-20-23(19)32-21(15-31-20)24-26-28-29-27-24/h6,8-14,21H,3-5,7,15H2,1-2H3,(H,25,30)(H,26,27,28,29)/b13-11+. The fraction of sp³-hybridized carbons (Fsp3) is 0.333. The average molecular weight is 434 g/mol. The Morgan fingerprint density at radius 3 is 2.97 bits per heavy atom. The quantitative estimate of drug-likeness (QED) is 0.403. The highest BCUT2D eigenvalue weighted by atomic mass is 16.6. The molecule has 0 spiro atoms. The van der Waals surface area contributed by atoms with Gasteiger partial charge in [-0.15, -0.1) is 10.2 Å². The summed E-state index contributed by atoms with van der Waals surface area (Å²) in [7, 11) is 0. The number of amides is 1. The van der Waals surface area contributed by atoms with Crippen LogP contribution in [0.5, 0.6) is 11.5 Å². The van der Waals surface area contributed by atoms with Crippen molar-refractivity contribution in [1.82, 2.24) is 20.6 Å². The van der Waals surface area contributed by atoms with Crippen LogP contribution in [0.15, 0.2) is 42.5 Å². The van der Waals surface area contributed by atoms with Crippen LogP contribution in [0.3, 0.4) is 0 Å². The Hall–Kier alpha value is -3.68. The molecule has 8 heteroatoms. The number of carbonyl (C=O) groups is 1. The third kappa shape index (κ3) is 5.14. The molecular weight excluding hydrogens is 406 g/mol. The molecule has 0 radical (unpaired) electrons. The summed E-state index contributed by atoms with van der Waals surface area (Å²) in [5.41, 5.74) is 4.12. The summed E-state index contributed by atoms with van der Waals surface area (Å²) < 4.78 is 11.7. The van der Waals surface area contributed by atoms with Gasteiger partial charge in [0, 0.05) is 6.08 Å². The van der Waals surface area contributed by atoms with Crippen LogP contribution < -0.4 is 14.8 Å². The summed E-state index contributed by atoms with van der Waals surface area (Å²) in [6, 6.07) is 11.7. The van der Waals surface area contributed by atoms with E-state index in [0.717, 1.165) is 12.0 Å². The Balaban J connectivity index is 1.42.